The standard InChI is InChI=1S/C3H3N3O2S/c4-2-1(3(7)8)9-6-5-2/h4H2,(H,7,8). The lowest BCUT2D eigenvalue weighted by Gasteiger charge is -1.82. The summed E-state index contributed by atoms with van der Waals surface area (Å²) in [5.41, 5.74) is 5.10. The van der Waals surface area contributed by atoms with Gasteiger partial charge in [0.25, 0.3) is 0 Å². The molecule has 1 aromatic rings. The largest absolute Gasteiger partial charge is 0.477 e. The van der Waals surface area contributed by atoms with Gasteiger partial charge >= 0.3 is 5.97 Å². The molecular weight excluding hydrogens is 142 g/mol. The minimum atomic E-state index is -1.08. The summed E-state index contributed by atoms with van der Waals surface area (Å²) in [6, 6.07) is 0. The van der Waals surface area contributed by atoms with E-state index in [1.54, 1.807) is 0 Å². The van der Waals surface area contributed by atoms with Crippen LogP contribution in [0.1, 0.15) is 9.67 Å². The molecule has 0 fully saturated rings. The average molecular weight is 145 g/mol. The Morgan fingerprint density at radius 2 is 2.44 bits per heavy atom. The van der Waals surface area contributed by atoms with Gasteiger partial charge in [-0.2, -0.15) is 0 Å². The third-order valence-corrected chi connectivity index (χ3v) is 1.44. The monoisotopic (exact) mass is 145 g/mol. The maximum absolute atomic E-state index is 10.1. The molecule has 1 aromatic heterocycles. The smallest absolute Gasteiger partial charge is 0.351 e. The highest BCUT2D eigenvalue weighted by molar-refractivity contribution is 7.08. The van der Waals surface area contributed by atoms with Crippen LogP contribution < -0.4 is 5.73 Å². The highest BCUT2D eigenvalue weighted by atomic mass is 32.1. The first-order valence-electron chi connectivity index (χ1n) is 2.03. The zero-order chi connectivity index (χ0) is 6.85. The fourth-order valence-corrected chi connectivity index (χ4v) is 0.769. The van der Waals surface area contributed by atoms with Crippen molar-refractivity contribution in [2.24, 2.45) is 0 Å². The molecule has 0 amide bonds. The maximum atomic E-state index is 10.1. The number of carboxylic acids is 1. The number of anilines is 1. The molecule has 0 aliphatic heterocycles. The Morgan fingerprint density at radius 1 is 1.78 bits per heavy atom. The molecular formula is C3H3N3O2S. The summed E-state index contributed by atoms with van der Waals surface area (Å²) < 4.78 is 3.33. The molecule has 0 spiro atoms. The number of hydrogen-bond acceptors (Lipinski definition) is 5. The second-order valence-corrected chi connectivity index (χ2v) is 2.05. The molecule has 5 nitrogen and oxygen atoms in total. The van der Waals surface area contributed by atoms with Gasteiger partial charge < -0.3 is 10.8 Å². The van der Waals surface area contributed by atoms with Gasteiger partial charge in [-0.3, -0.25) is 0 Å². The summed E-state index contributed by atoms with van der Waals surface area (Å²) in [5.74, 6) is -1.10. The molecule has 48 valence electrons. The van der Waals surface area contributed by atoms with E-state index < -0.39 is 5.97 Å². The molecule has 0 aliphatic carbocycles. The Morgan fingerprint density at radius 3 is 2.67 bits per heavy atom. The third-order valence-electron chi connectivity index (χ3n) is 0.708. The van der Waals surface area contributed by atoms with Crippen molar-refractivity contribution >= 4 is 23.3 Å². The summed E-state index contributed by atoms with van der Waals surface area (Å²) >= 11 is 0.772. The van der Waals surface area contributed by atoms with Gasteiger partial charge in [0.15, 0.2) is 10.7 Å². The summed E-state index contributed by atoms with van der Waals surface area (Å²) in [6.45, 7) is 0. The van der Waals surface area contributed by atoms with Crippen molar-refractivity contribution in [1.82, 2.24) is 9.59 Å². The summed E-state index contributed by atoms with van der Waals surface area (Å²) in [7, 11) is 0. The van der Waals surface area contributed by atoms with E-state index >= 15 is 0 Å². The SMILES string of the molecule is Nc1nnsc1C(=O)O. The second-order valence-electron chi connectivity index (χ2n) is 1.29. The van der Waals surface area contributed by atoms with E-state index in [-0.39, 0.29) is 10.7 Å². The number of aromatic nitrogens is 2. The van der Waals surface area contributed by atoms with Crippen molar-refractivity contribution in [1.29, 1.82) is 0 Å². The molecule has 0 saturated carbocycles. The van der Waals surface area contributed by atoms with Crippen molar-refractivity contribution in [2.45, 2.75) is 0 Å². The van der Waals surface area contributed by atoms with Crippen molar-refractivity contribution in [3.63, 3.8) is 0 Å². The molecule has 1 rings (SSSR count). The van der Waals surface area contributed by atoms with Crippen LogP contribution >= 0.6 is 11.5 Å². The third kappa shape index (κ3) is 0.968. The first kappa shape index (κ1) is 5.96. The highest BCUT2D eigenvalue weighted by Crippen LogP contribution is 2.10. The predicted octanol–water partition coefficient (Wildman–Crippen LogP) is -0.181. The second kappa shape index (κ2) is 1.98. The zero-order valence-electron chi connectivity index (χ0n) is 4.24. The molecule has 6 heteroatoms. The average Bonchev–Trinajstić information content (AvgIpc) is 2.13. The van der Waals surface area contributed by atoms with Crippen molar-refractivity contribution < 1.29 is 9.90 Å². The number of rotatable bonds is 1. The van der Waals surface area contributed by atoms with Crippen LogP contribution in [0, 0.1) is 0 Å². The van der Waals surface area contributed by atoms with Crippen LogP contribution in [0.4, 0.5) is 5.82 Å². The number of aromatic carboxylic acids is 1. The van der Waals surface area contributed by atoms with Crippen LogP contribution in [0.25, 0.3) is 0 Å². The minimum absolute atomic E-state index is 0.00463. The molecule has 0 radical (unpaired) electrons. The van der Waals surface area contributed by atoms with Crippen LogP contribution in [-0.2, 0) is 0 Å². The molecule has 3 N–H and O–H groups in total. The topological polar surface area (TPSA) is 89.1 Å². The van der Waals surface area contributed by atoms with Gasteiger partial charge in [-0.15, -0.1) is 5.10 Å². The van der Waals surface area contributed by atoms with E-state index in [1.165, 1.54) is 0 Å². The molecule has 0 aliphatic rings. The van der Waals surface area contributed by atoms with Gasteiger partial charge in [-0.05, 0) is 11.5 Å². The summed E-state index contributed by atoms with van der Waals surface area (Å²) in [4.78, 5) is 10.1. The molecule has 9 heavy (non-hydrogen) atoms. The summed E-state index contributed by atoms with van der Waals surface area (Å²) in [6.07, 6.45) is 0. The van der Waals surface area contributed by atoms with Gasteiger partial charge in [-0.1, -0.05) is 4.49 Å². The minimum Gasteiger partial charge on any atom is -0.477 e. The van der Waals surface area contributed by atoms with Gasteiger partial charge in [0, 0.05) is 0 Å². The Balaban J connectivity index is 3.08. The van der Waals surface area contributed by atoms with Crippen LogP contribution in [0.15, 0.2) is 0 Å². The maximum Gasteiger partial charge on any atom is 0.351 e. The molecule has 0 bridgehead atoms. The van der Waals surface area contributed by atoms with Gasteiger partial charge in [0.1, 0.15) is 0 Å². The van der Waals surface area contributed by atoms with E-state index in [4.69, 9.17) is 10.8 Å². The van der Waals surface area contributed by atoms with E-state index in [0.717, 1.165) is 11.5 Å². The fourth-order valence-electron chi connectivity index (χ4n) is 0.346. The molecule has 0 unspecified atom stereocenters. The van der Waals surface area contributed by atoms with Crippen LogP contribution in [0.2, 0.25) is 0 Å². The lowest BCUT2D eigenvalue weighted by Crippen LogP contribution is -1.97. The van der Waals surface area contributed by atoms with E-state index in [1.807, 2.05) is 0 Å². The van der Waals surface area contributed by atoms with E-state index in [9.17, 15) is 4.79 Å². The molecule has 1 heterocycles. The van der Waals surface area contributed by atoms with Gasteiger partial charge in [0.2, 0.25) is 0 Å². The number of carboxylic acid groups (broad SMARTS) is 1. The first-order chi connectivity index (χ1) is 4.22. The molecule has 0 saturated heterocycles. The van der Waals surface area contributed by atoms with E-state index in [0.29, 0.717) is 0 Å². The number of nitrogen functional groups attached to an aromatic ring is 1. The lowest BCUT2D eigenvalue weighted by molar-refractivity contribution is 0.0703. The number of hydrogen-bond donors (Lipinski definition) is 2. The molecule has 0 atom stereocenters. The number of carbonyl (C=O) groups is 1. The number of nitrogens with zero attached hydrogens (tertiary/aromatic N) is 2. The normalized spacial score (nSPS) is 9.33. The van der Waals surface area contributed by atoms with Gasteiger partial charge in [-0.25, -0.2) is 4.79 Å². The molecule has 0 aromatic carbocycles. The van der Waals surface area contributed by atoms with Crippen molar-refractivity contribution in [2.75, 3.05) is 5.73 Å². The number of nitrogens with two attached hydrogens (primary N) is 1. The van der Waals surface area contributed by atoms with Crippen LogP contribution in [-0.4, -0.2) is 20.7 Å². The van der Waals surface area contributed by atoms with E-state index in [2.05, 4.69) is 9.59 Å². The van der Waals surface area contributed by atoms with Gasteiger partial charge in [0.05, 0.1) is 0 Å². The fraction of sp³-hybridized carbons (Fsp3) is 0. The van der Waals surface area contributed by atoms with Crippen LogP contribution in [0.5, 0.6) is 0 Å². The zero-order valence-corrected chi connectivity index (χ0v) is 5.05. The summed E-state index contributed by atoms with van der Waals surface area (Å²) in [5, 5.41) is 11.6. The first-order valence-corrected chi connectivity index (χ1v) is 2.80. The Kier molecular flexibility index (Phi) is 1.31. The van der Waals surface area contributed by atoms with Crippen LogP contribution in [0.3, 0.4) is 0 Å². The Bertz CT molecular complexity index is 233. The van der Waals surface area contributed by atoms with Crippen molar-refractivity contribution in [3.05, 3.63) is 4.88 Å². The van der Waals surface area contributed by atoms with Crippen molar-refractivity contribution in [3.8, 4) is 0 Å². The lowest BCUT2D eigenvalue weighted by atomic mass is 10.5. The predicted molar refractivity (Wildman–Crippen MR) is 31.3 cm³/mol. The Hall–Kier alpha value is -1.17. The highest BCUT2D eigenvalue weighted by Gasteiger charge is 2.10. The quantitative estimate of drug-likeness (QED) is 0.572. The Labute approximate surface area is 54.3 Å².